The molecule has 7 nitrogen and oxygen atoms in total. The maximum Gasteiger partial charge on any atom is 0.240 e. The average molecular weight is 380 g/mol. The average Bonchev–Trinajstić information content (AvgIpc) is 2.98. The number of nitrogens with zero attached hydrogens (tertiary/aromatic N) is 1. The minimum absolute atomic E-state index is 0.0246. The lowest BCUT2D eigenvalue weighted by Crippen LogP contribution is -2.31. The van der Waals surface area contributed by atoms with E-state index in [-0.39, 0.29) is 35.2 Å². The van der Waals surface area contributed by atoms with Crippen molar-refractivity contribution in [1.82, 2.24) is 4.72 Å². The first-order chi connectivity index (χ1) is 12.4. The van der Waals surface area contributed by atoms with Gasteiger partial charge in [0.2, 0.25) is 21.8 Å². The Balaban J connectivity index is 1.84. The molecule has 0 unspecified atom stereocenters. The van der Waals surface area contributed by atoms with Crippen LogP contribution in [0.4, 0.5) is 5.69 Å². The molecule has 142 valence electrons. The van der Waals surface area contributed by atoms with E-state index in [1.807, 2.05) is 0 Å². The predicted octanol–water partition coefficient (Wildman–Crippen LogP) is 2.21. The normalized spacial score (nSPS) is 19.2. The van der Waals surface area contributed by atoms with Crippen molar-refractivity contribution in [3.63, 3.8) is 0 Å². The topological polar surface area (TPSA) is 92.8 Å². The van der Waals surface area contributed by atoms with Crippen LogP contribution in [0.5, 0.6) is 5.75 Å². The highest BCUT2D eigenvalue weighted by atomic mass is 32.2. The first-order valence-corrected chi connectivity index (χ1v) is 10.4. The van der Waals surface area contributed by atoms with Gasteiger partial charge >= 0.3 is 0 Å². The Labute approximate surface area is 153 Å². The largest absolute Gasteiger partial charge is 0.495 e. The number of imide groups is 1. The van der Waals surface area contributed by atoms with E-state index < -0.39 is 10.0 Å². The number of sulfonamides is 1. The minimum atomic E-state index is -3.73. The molecule has 1 aliphatic heterocycles. The van der Waals surface area contributed by atoms with Crippen molar-refractivity contribution in [3.8, 4) is 5.75 Å². The highest BCUT2D eigenvalue weighted by Crippen LogP contribution is 2.34. The van der Waals surface area contributed by atoms with Crippen LogP contribution in [0.25, 0.3) is 0 Å². The van der Waals surface area contributed by atoms with E-state index in [2.05, 4.69) is 4.72 Å². The smallest absolute Gasteiger partial charge is 0.240 e. The summed E-state index contributed by atoms with van der Waals surface area (Å²) in [6.45, 7) is 0.408. The summed E-state index contributed by atoms with van der Waals surface area (Å²) >= 11 is 0. The van der Waals surface area contributed by atoms with Crippen LogP contribution < -0.4 is 14.4 Å². The van der Waals surface area contributed by atoms with E-state index in [1.54, 1.807) is 0 Å². The minimum Gasteiger partial charge on any atom is -0.495 e. The summed E-state index contributed by atoms with van der Waals surface area (Å²) in [5, 5.41) is 0. The molecule has 3 rings (SSSR count). The number of nitrogens with one attached hydrogen (secondary N) is 1. The van der Waals surface area contributed by atoms with E-state index in [4.69, 9.17) is 4.74 Å². The zero-order valence-electron chi connectivity index (χ0n) is 14.9. The molecule has 0 spiro atoms. The Bertz CT molecular complexity index is 784. The number of hydrogen-bond acceptors (Lipinski definition) is 5. The fourth-order valence-corrected chi connectivity index (χ4v) is 4.69. The van der Waals surface area contributed by atoms with Crippen LogP contribution in [0.1, 0.15) is 44.9 Å². The van der Waals surface area contributed by atoms with Gasteiger partial charge in [-0.3, -0.25) is 9.59 Å². The Morgan fingerprint density at radius 1 is 1.12 bits per heavy atom. The third kappa shape index (κ3) is 3.91. The van der Waals surface area contributed by atoms with Crippen LogP contribution in [-0.4, -0.2) is 33.9 Å². The standard InChI is InChI=1S/C18H24N2O5S/c1-25-16-8-7-14(11-15(16)20-17(21)9-10-18(20)22)26(23,24)19-12-13-5-3-2-4-6-13/h7-8,11,13,19H,2-6,9-10,12H2,1H3. The van der Waals surface area contributed by atoms with Crippen molar-refractivity contribution < 1.29 is 22.7 Å². The molecule has 2 aliphatic rings. The molecule has 2 amide bonds. The van der Waals surface area contributed by atoms with Gasteiger partial charge in [-0.15, -0.1) is 0 Å². The van der Waals surface area contributed by atoms with Crippen molar-refractivity contribution in [2.24, 2.45) is 5.92 Å². The van der Waals surface area contributed by atoms with E-state index in [9.17, 15) is 18.0 Å². The lowest BCUT2D eigenvalue weighted by molar-refractivity contribution is -0.121. The van der Waals surface area contributed by atoms with Gasteiger partial charge in [0.15, 0.2) is 0 Å². The lowest BCUT2D eigenvalue weighted by atomic mass is 9.90. The third-order valence-electron chi connectivity index (χ3n) is 5.04. The fraction of sp³-hybridized carbons (Fsp3) is 0.556. The van der Waals surface area contributed by atoms with Gasteiger partial charge in [-0.2, -0.15) is 0 Å². The highest BCUT2D eigenvalue weighted by molar-refractivity contribution is 7.89. The molecular formula is C18H24N2O5S. The number of carbonyl (C=O) groups is 2. The fourth-order valence-electron chi connectivity index (χ4n) is 3.56. The molecule has 1 saturated carbocycles. The summed E-state index contributed by atoms with van der Waals surface area (Å²) in [5.74, 6) is -0.0474. The summed E-state index contributed by atoms with van der Waals surface area (Å²) < 4.78 is 33.2. The van der Waals surface area contributed by atoms with E-state index in [0.29, 0.717) is 18.2 Å². The van der Waals surface area contributed by atoms with Crippen LogP contribution in [0.15, 0.2) is 23.1 Å². The lowest BCUT2D eigenvalue weighted by Gasteiger charge is -2.22. The van der Waals surface area contributed by atoms with Crippen LogP contribution in [-0.2, 0) is 19.6 Å². The third-order valence-corrected chi connectivity index (χ3v) is 6.46. The van der Waals surface area contributed by atoms with Crippen molar-refractivity contribution in [2.45, 2.75) is 49.8 Å². The van der Waals surface area contributed by atoms with E-state index >= 15 is 0 Å². The molecule has 26 heavy (non-hydrogen) atoms. The number of anilines is 1. The van der Waals surface area contributed by atoms with Crippen LogP contribution in [0, 0.1) is 5.92 Å². The van der Waals surface area contributed by atoms with E-state index in [0.717, 1.165) is 30.6 Å². The maximum absolute atomic E-state index is 12.7. The van der Waals surface area contributed by atoms with Gasteiger partial charge in [-0.05, 0) is 37.0 Å². The molecule has 0 radical (unpaired) electrons. The Kier molecular flexibility index (Phi) is 5.62. The number of ether oxygens (including phenoxy) is 1. The van der Waals surface area contributed by atoms with Crippen molar-refractivity contribution >= 4 is 27.5 Å². The molecule has 2 fully saturated rings. The van der Waals surface area contributed by atoms with Gasteiger partial charge in [-0.1, -0.05) is 19.3 Å². The summed E-state index contributed by atoms with van der Waals surface area (Å²) in [4.78, 5) is 25.1. The molecular weight excluding hydrogens is 356 g/mol. The summed E-state index contributed by atoms with van der Waals surface area (Å²) in [6, 6.07) is 4.24. The number of carbonyl (C=O) groups excluding carboxylic acids is 2. The molecule has 0 atom stereocenters. The molecule has 1 aromatic carbocycles. The Hall–Kier alpha value is -1.93. The van der Waals surface area contributed by atoms with Crippen molar-refractivity contribution in [3.05, 3.63) is 18.2 Å². The van der Waals surface area contributed by atoms with Gasteiger partial charge in [0, 0.05) is 19.4 Å². The second-order valence-electron chi connectivity index (χ2n) is 6.81. The molecule has 1 aromatic rings. The van der Waals surface area contributed by atoms with Gasteiger partial charge in [0.1, 0.15) is 5.75 Å². The van der Waals surface area contributed by atoms with Crippen LogP contribution in [0.2, 0.25) is 0 Å². The van der Waals surface area contributed by atoms with Crippen LogP contribution >= 0.6 is 0 Å². The molecule has 0 bridgehead atoms. The highest BCUT2D eigenvalue weighted by Gasteiger charge is 2.33. The molecule has 0 aromatic heterocycles. The molecule has 8 heteroatoms. The number of rotatable bonds is 6. The molecule has 1 saturated heterocycles. The summed E-state index contributed by atoms with van der Waals surface area (Å²) in [6.07, 6.45) is 5.80. The number of methoxy groups -OCH3 is 1. The SMILES string of the molecule is COc1ccc(S(=O)(=O)NCC2CCCCC2)cc1N1C(=O)CCC1=O. The second-order valence-corrected chi connectivity index (χ2v) is 8.58. The zero-order valence-corrected chi connectivity index (χ0v) is 15.7. The molecule has 1 heterocycles. The molecule has 1 aliphatic carbocycles. The maximum atomic E-state index is 12.7. The monoisotopic (exact) mass is 380 g/mol. The number of hydrogen-bond donors (Lipinski definition) is 1. The first kappa shape index (κ1) is 18.8. The van der Waals surface area contributed by atoms with Crippen LogP contribution in [0.3, 0.4) is 0 Å². The summed E-state index contributed by atoms with van der Waals surface area (Å²) in [7, 11) is -2.31. The van der Waals surface area contributed by atoms with Gasteiger partial charge in [0.25, 0.3) is 0 Å². The number of amides is 2. The van der Waals surface area contributed by atoms with E-state index in [1.165, 1.54) is 31.7 Å². The predicted molar refractivity (Wildman–Crippen MR) is 96.5 cm³/mol. The van der Waals surface area contributed by atoms with Gasteiger partial charge < -0.3 is 4.74 Å². The quantitative estimate of drug-likeness (QED) is 0.764. The summed E-state index contributed by atoms with van der Waals surface area (Å²) in [5.41, 5.74) is 0.181. The first-order valence-electron chi connectivity index (χ1n) is 8.96. The number of benzene rings is 1. The van der Waals surface area contributed by atoms with Crippen molar-refractivity contribution in [1.29, 1.82) is 0 Å². The van der Waals surface area contributed by atoms with Gasteiger partial charge in [-0.25, -0.2) is 18.0 Å². The Morgan fingerprint density at radius 2 is 1.77 bits per heavy atom. The molecule has 1 N–H and O–H groups in total. The second kappa shape index (κ2) is 7.75. The van der Waals surface area contributed by atoms with Gasteiger partial charge in [0.05, 0.1) is 17.7 Å². The van der Waals surface area contributed by atoms with Crippen molar-refractivity contribution in [2.75, 3.05) is 18.6 Å². The Morgan fingerprint density at radius 3 is 2.38 bits per heavy atom. The zero-order chi connectivity index (χ0) is 18.7.